The van der Waals surface area contributed by atoms with E-state index >= 15 is 0 Å². The van der Waals surface area contributed by atoms with Crippen molar-refractivity contribution < 1.29 is 4.79 Å². The van der Waals surface area contributed by atoms with Gasteiger partial charge in [-0.05, 0) is 51.9 Å². The Kier molecular flexibility index (Phi) is 6.43. The van der Waals surface area contributed by atoms with Crippen molar-refractivity contribution in [3.05, 3.63) is 28.7 Å². The van der Waals surface area contributed by atoms with Crippen molar-refractivity contribution in [3.63, 3.8) is 0 Å². The second-order valence-electron chi connectivity index (χ2n) is 8.52. The summed E-state index contributed by atoms with van der Waals surface area (Å²) in [4.78, 5) is 29.8. The summed E-state index contributed by atoms with van der Waals surface area (Å²) in [5.41, 5.74) is 1.05. The zero-order chi connectivity index (χ0) is 20.2. The Labute approximate surface area is 177 Å². The van der Waals surface area contributed by atoms with E-state index in [4.69, 9.17) is 0 Å². The highest BCUT2D eigenvalue weighted by atomic mass is 32.1. The van der Waals surface area contributed by atoms with E-state index in [1.807, 2.05) is 26.1 Å². The standard InChI is InChI=1S/C22H31N5OS/c1-15-13-23-22(29-15)26-20-12-19(24-16(2)25-20)11-17-7-6-10-27(14-17)21(28)18-8-4-3-5-9-18/h12-13,17-18H,3-11,14H2,1-2H3,(H,23,24,25,26)/t17-/m1/s1. The van der Waals surface area contributed by atoms with E-state index in [0.717, 1.165) is 67.7 Å². The molecule has 1 saturated heterocycles. The number of nitrogens with one attached hydrogen (secondary N) is 1. The quantitative estimate of drug-likeness (QED) is 0.772. The van der Waals surface area contributed by atoms with Gasteiger partial charge < -0.3 is 10.2 Å². The van der Waals surface area contributed by atoms with E-state index in [-0.39, 0.29) is 5.92 Å². The molecule has 2 fully saturated rings. The van der Waals surface area contributed by atoms with Crippen LogP contribution in [0.5, 0.6) is 0 Å². The molecule has 1 amide bonds. The van der Waals surface area contributed by atoms with Gasteiger partial charge in [0.1, 0.15) is 11.6 Å². The molecule has 0 aromatic carbocycles. The van der Waals surface area contributed by atoms with Crippen LogP contribution < -0.4 is 5.32 Å². The minimum atomic E-state index is 0.265. The molecule has 0 bridgehead atoms. The number of aryl methyl sites for hydroxylation is 2. The van der Waals surface area contributed by atoms with Crippen LogP contribution in [0.15, 0.2) is 12.3 Å². The molecule has 4 rings (SSSR count). The van der Waals surface area contributed by atoms with Gasteiger partial charge >= 0.3 is 0 Å². The SMILES string of the molecule is Cc1nc(C[C@H]2CCCN(C(=O)C3CCCCC3)C2)cc(Nc2ncc(C)s2)n1. The molecule has 7 heteroatoms. The molecule has 1 aliphatic carbocycles. The van der Waals surface area contributed by atoms with Gasteiger partial charge in [-0.2, -0.15) is 0 Å². The maximum Gasteiger partial charge on any atom is 0.225 e. The number of carbonyl (C=O) groups excluding carboxylic acids is 1. The van der Waals surface area contributed by atoms with Gasteiger partial charge in [0.25, 0.3) is 0 Å². The first-order chi connectivity index (χ1) is 14.1. The van der Waals surface area contributed by atoms with Crippen molar-refractivity contribution in [2.24, 2.45) is 11.8 Å². The Bertz CT molecular complexity index is 845. The lowest BCUT2D eigenvalue weighted by Gasteiger charge is -2.36. The fourth-order valence-electron chi connectivity index (χ4n) is 4.66. The molecule has 0 unspecified atom stereocenters. The number of piperidine rings is 1. The summed E-state index contributed by atoms with van der Waals surface area (Å²) in [6.45, 7) is 5.77. The predicted octanol–water partition coefficient (Wildman–Crippen LogP) is 4.65. The molecule has 2 aliphatic rings. The van der Waals surface area contributed by atoms with Crippen LogP contribution in [0.2, 0.25) is 0 Å². The Morgan fingerprint density at radius 2 is 2.00 bits per heavy atom. The summed E-state index contributed by atoms with van der Waals surface area (Å²) < 4.78 is 0. The number of likely N-dealkylation sites (tertiary alicyclic amines) is 1. The first kappa shape index (κ1) is 20.3. The maximum atomic E-state index is 12.9. The number of carbonyl (C=O) groups is 1. The van der Waals surface area contributed by atoms with Crippen LogP contribution in [0.25, 0.3) is 0 Å². The maximum absolute atomic E-state index is 12.9. The topological polar surface area (TPSA) is 71.0 Å². The van der Waals surface area contributed by atoms with Crippen LogP contribution in [0, 0.1) is 25.7 Å². The van der Waals surface area contributed by atoms with E-state index in [1.165, 1.54) is 24.1 Å². The van der Waals surface area contributed by atoms with Gasteiger partial charge in [-0.15, -0.1) is 11.3 Å². The zero-order valence-electron chi connectivity index (χ0n) is 17.5. The van der Waals surface area contributed by atoms with Crippen LogP contribution in [0.3, 0.4) is 0 Å². The molecule has 1 aliphatic heterocycles. The van der Waals surface area contributed by atoms with Gasteiger partial charge in [0.05, 0.1) is 0 Å². The van der Waals surface area contributed by atoms with Crippen molar-refractivity contribution in [1.29, 1.82) is 0 Å². The molecule has 1 saturated carbocycles. The van der Waals surface area contributed by atoms with Crippen molar-refractivity contribution in [2.45, 2.75) is 65.2 Å². The molecule has 0 spiro atoms. The minimum absolute atomic E-state index is 0.265. The Balaban J connectivity index is 1.39. The van der Waals surface area contributed by atoms with E-state index in [1.54, 1.807) is 11.3 Å². The number of anilines is 2. The highest BCUT2D eigenvalue weighted by Crippen LogP contribution is 2.29. The summed E-state index contributed by atoms with van der Waals surface area (Å²) in [6.07, 6.45) is 10.9. The molecule has 156 valence electrons. The van der Waals surface area contributed by atoms with Crippen molar-refractivity contribution in [1.82, 2.24) is 19.9 Å². The largest absolute Gasteiger partial charge is 0.342 e. The molecule has 2 aromatic heterocycles. The lowest BCUT2D eigenvalue weighted by atomic mass is 9.86. The summed E-state index contributed by atoms with van der Waals surface area (Å²) in [7, 11) is 0. The second-order valence-corrected chi connectivity index (χ2v) is 9.76. The summed E-state index contributed by atoms with van der Waals surface area (Å²) in [6, 6.07) is 2.03. The van der Waals surface area contributed by atoms with Gasteiger partial charge in [0.15, 0.2) is 5.13 Å². The smallest absolute Gasteiger partial charge is 0.225 e. The molecule has 6 nitrogen and oxygen atoms in total. The molecule has 1 N–H and O–H groups in total. The number of hydrogen-bond acceptors (Lipinski definition) is 6. The first-order valence-corrected chi connectivity index (χ1v) is 11.7. The van der Waals surface area contributed by atoms with E-state index in [0.29, 0.717) is 11.8 Å². The van der Waals surface area contributed by atoms with Gasteiger partial charge in [-0.3, -0.25) is 4.79 Å². The fourth-order valence-corrected chi connectivity index (χ4v) is 5.33. The number of aromatic nitrogens is 3. The number of hydrogen-bond donors (Lipinski definition) is 1. The normalized spacial score (nSPS) is 20.6. The van der Waals surface area contributed by atoms with Crippen LogP contribution in [-0.4, -0.2) is 38.8 Å². The third-order valence-electron chi connectivity index (χ3n) is 6.03. The van der Waals surface area contributed by atoms with Crippen LogP contribution in [0.4, 0.5) is 10.9 Å². The molecular formula is C22H31N5OS. The number of nitrogens with zero attached hydrogens (tertiary/aromatic N) is 4. The number of amides is 1. The lowest BCUT2D eigenvalue weighted by molar-refractivity contribution is -0.138. The van der Waals surface area contributed by atoms with Gasteiger partial charge in [-0.25, -0.2) is 15.0 Å². The molecule has 2 aromatic rings. The molecule has 1 atom stereocenters. The highest BCUT2D eigenvalue weighted by molar-refractivity contribution is 7.15. The van der Waals surface area contributed by atoms with Crippen molar-refractivity contribution in [3.8, 4) is 0 Å². The average Bonchev–Trinajstić information content (AvgIpc) is 3.12. The zero-order valence-corrected chi connectivity index (χ0v) is 18.3. The molecule has 3 heterocycles. The van der Waals surface area contributed by atoms with Crippen molar-refractivity contribution >= 4 is 28.2 Å². The summed E-state index contributed by atoms with van der Waals surface area (Å²) >= 11 is 1.62. The molecule has 29 heavy (non-hydrogen) atoms. The fraction of sp³-hybridized carbons (Fsp3) is 0.636. The number of thiazole rings is 1. The van der Waals surface area contributed by atoms with Crippen molar-refractivity contribution in [2.75, 3.05) is 18.4 Å². The average molecular weight is 414 g/mol. The van der Waals surface area contributed by atoms with Crippen LogP contribution in [0.1, 0.15) is 61.3 Å². The third-order valence-corrected chi connectivity index (χ3v) is 6.86. The van der Waals surface area contributed by atoms with Gasteiger partial charge in [0, 0.05) is 41.8 Å². The van der Waals surface area contributed by atoms with Gasteiger partial charge in [0.2, 0.25) is 5.91 Å². The predicted molar refractivity (Wildman–Crippen MR) is 116 cm³/mol. The second kappa shape index (κ2) is 9.20. The number of rotatable bonds is 5. The van der Waals surface area contributed by atoms with Crippen LogP contribution >= 0.6 is 11.3 Å². The Morgan fingerprint density at radius 3 is 2.76 bits per heavy atom. The summed E-state index contributed by atoms with van der Waals surface area (Å²) in [5, 5.41) is 4.16. The highest BCUT2D eigenvalue weighted by Gasteiger charge is 2.30. The summed E-state index contributed by atoms with van der Waals surface area (Å²) in [5.74, 6) is 2.70. The third kappa shape index (κ3) is 5.32. The van der Waals surface area contributed by atoms with E-state index in [2.05, 4.69) is 25.2 Å². The molecular weight excluding hydrogens is 382 g/mol. The minimum Gasteiger partial charge on any atom is -0.342 e. The van der Waals surface area contributed by atoms with Gasteiger partial charge in [-0.1, -0.05) is 19.3 Å². The monoisotopic (exact) mass is 413 g/mol. The lowest BCUT2D eigenvalue weighted by Crippen LogP contribution is -2.44. The van der Waals surface area contributed by atoms with E-state index in [9.17, 15) is 4.79 Å². The van der Waals surface area contributed by atoms with Crippen LogP contribution in [-0.2, 0) is 11.2 Å². The van der Waals surface area contributed by atoms with E-state index < -0.39 is 0 Å². The Morgan fingerprint density at radius 1 is 1.17 bits per heavy atom. The Hall–Kier alpha value is -2.02. The first-order valence-electron chi connectivity index (χ1n) is 10.9. The molecule has 0 radical (unpaired) electrons.